The summed E-state index contributed by atoms with van der Waals surface area (Å²) >= 11 is 1.64. The molecule has 0 aromatic heterocycles. The first-order valence-electron chi connectivity index (χ1n) is 6.25. The summed E-state index contributed by atoms with van der Waals surface area (Å²) in [4.78, 5) is 5.58. The number of rotatable bonds is 4. The van der Waals surface area contributed by atoms with Gasteiger partial charge in [0.2, 0.25) is 0 Å². The fourth-order valence-corrected chi connectivity index (χ4v) is 2.54. The molecule has 1 aromatic rings. The lowest BCUT2D eigenvalue weighted by Crippen LogP contribution is -1.93. The maximum absolute atomic E-state index is 4.41. The van der Waals surface area contributed by atoms with Crippen LogP contribution >= 0.6 is 11.8 Å². The zero-order valence-corrected chi connectivity index (χ0v) is 13.0. The van der Waals surface area contributed by atoms with Crippen molar-refractivity contribution in [3.8, 4) is 0 Å². The van der Waals surface area contributed by atoms with Crippen LogP contribution in [0.4, 0.5) is 0 Å². The van der Waals surface area contributed by atoms with Crippen LogP contribution in [0.5, 0.6) is 0 Å². The van der Waals surface area contributed by atoms with E-state index in [1.165, 1.54) is 16.0 Å². The Morgan fingerprint density at radius 2 is 1.95 bits per heavy atom. The molecule has 0 bridgehead atoms. The molecule has 0 unspecified atom stereocenters. The predicted molar refractivity (Wildman–Crippen MR) is 88.8 cm³/mol. The lowest BCUT2D eigenvalue weighted by atomic mass is 10.0. The van der Waals surface area contributed by atoms with E-state index in [4.69, 9.17) is 0 Å². The lowest BCUT2D eigenvalue weighted by molar-refractivity contribution is 1.33. The Kier molecular flexibility index (Phi) is 5.84. The molecule has 0 atom stereocenters. The highest BCUT2D eigenvalue weighted by molar-refractivity contribution is 8.14. The van der Waals surface area contributed by atoms with Crippen molar-refractivity contribution >= 4 is 22.4 Å². The molecule has 0 saturated carbocycles. The summed E-state index contributed by atoms with van der Waals surface area (Å²) in [5.74, 6) is 0. The Labute approximate surface area is 120 Å². The van der Waals surface area contributed by atoms with Gasteiger partial charge in [-0.1, -0.05) is 42.6 Å². The smallest absolute Gasteiger partial charge is 0.103 e. The molecule has 0 N–H and O–H groups in total. The summed E-state index contributed by atoms with van der Waals surface area (Å²) < 4.78 is 0. The van der Waals surface area contributed by atoms with Gasteiger partial charge >= 0.3 is 0 Å². The molecule has 0 heterocycles. The Hall–Kier alpha value is -1.54. The molecule has 0 spiro atoms. The van der Waals surface area contributed by atoms with Crippen LogP contribution in [0.1, 0.15) is 31.9 Å². The van der Waals surface area contributed by atoms with E-state index in [0.717, 1.165) is 16.2 Å². The third-order valence-corrected chi connectivity index (χ3v) is 3.71. The summed E-state index contributed by atoms with van der Waals surface area (Å²) in [6.07, 6.45) is 3.71. The predicted octanol–water partition coefficient (Wildman–Crippen LogP) is 5.63. The van der Waals surface area contributed by atoms with Gasteiger partial charge in [-0.25, -0.2) is 4.99 Å². The number of benzene rings is 1. The molecule has 0 amide bonds. The van der Waals surface area contributed by atoms with Crippen molar-refractivity contribution in [2.24, 2.45) is 4.99 Å². The number of hydrogen-bond donors (Lipinski definition) is 0. The SMILES string of the molecule is C=C(C)C(=N/C=C\C)Sc1ccc(C(=C)C)c(C)c1. The molecular weight excluding hydrogens is 250 g/mol. The van der Waals surface area contributed by atoms with Gasteiger partial charge in [0, 0.05) is 11.1 Å². The van der Waals surface area contributed by atoms with Crippen LogP contribution in [0.2, 0.25) is 0 Å². The number of hydrogen-bond acceptors (Lipinski definition) is 2. The number of aliphatic imine (C=N–C) groups is 1. The third kappa shape index (κ3) is 4.56. The molecular formula is C17H21NS. The normalized spacial score (nSPS) is 11.9. The molecule has 0 fully saturated rings. The molecule has 0 saturated heterocycles. The van der Waals surface area contributed by atoms with E-state index in [1.807, 2.05) is 26.8 Å². The van der Waals surface area contributed by atoms with E-state index in [0.29, 0.717) is 0 Å². The monoisotopic (exact) mass is 271 g/mol. The number of allylic oxidation sites excluding steroid dienone is 2. The molecule has 1 rings (SSSR count). The quantitative estimate of drug-likeness (QED) is 0.393. The van der Waals surface area contributed by atoms with E-state index < -0.39 is 0 Å². The highest BCUT2D eigenvalue weighted by Crippen LogP contribution is 2.27. The van der Waals surface area contributed by atoms with Gasteiger partial charge in [0.05, 0.1) is 0 Å². The fraction of sp³-hybridized carbons (Fsp3) is 0.235. The first kappa shape index (κ1) is 15.5. The van der Waals surface area contributed by atoms with Crippen LogP contribution in [-0.2, 0) is 0 Å². The van der Waals surface area contributed by atoms with Gasteiger partial charge < -0.3 is 0 Å². The summed E-state index contributed by atoms with van der Waals surface area (Å²) in [5.41, 5.74) is 4.53. The van der Waals surface area contributed by atoms with E-state index in [2.05, 4.69) is 43.3 Å². The molecule has 2 heteroatoms. The van der Waals surface area contributed by atoms with Crippen LogP contribution in [0.15, 0.2) is 59.1 Å². The summed E-state index contributed by atoms with van der Waals surface area (Å²) in [5, 5.41) is 0.945. The van der Waals surface area contributed by atoms with Gasteiger partial charge in [-0.05, 0) is 56.5 Å². The number of thioether (sulfide) groups is 1. The van der Waals surface area contributed by atoms with Crippen LogP contribution in [0, 0.1) is 6.92 Å². The Morgan fingerprint density at radius 1 is 1.26 bits per heavy atom. The Bertz CT molecular complexity index is 550. The van der Waals surface area contributed by atoms with Gasteiger partial charge in [-0.2, -0.15) is 0 Å². The van der Waals surface area contributed by atoms with Crippen molar-refractivity contribution in [3.05, 3.63) is 60.3 Å². The van der Waals surface area contributed by atoms with Crippen molar-refractivity contribution in [2.45, 2.75) is 32.6 Å². The molecule has 0 aliphatic heterocycles. The minimum atomic E-state index is 0.945. The Balaban J connectivity index is 3.02. The second-order valence-electron chi connectivity index (χ2n) is 4.56. The van der Waals surface area contributed by atoms with Gasteiger partial charge in [0.15, 0.2) is 0 Å². The van der Waals surface area contributed by atoms with Crippen LogP contribution in [0.25, 0.3) is 5.57 Å². The second kappa shape index (κ2) is 7.15. The first-order valence-corrected chi connectivity index (χ1v) is 7.06. The minimum absolute atomic E-state index is 0.945. The van der Waals surface area contributed by atoms with Crippen molar-refractivity contribution < 1.29 is 0 Å². The fourth-order valence-electron chi connectivity index (χ4n) is 1.66. The van der Waals surface area contributed by atoms with E-state index >= 15 is 0 Å². The van der Waals surface area contributed by atoms with Crippen LogP contribution in [0.3, 0.4) is 0 Å². The van der Waals surface area contributed by atoms with E-state index in [9.17, 15) is 0 Å². The van der Waals surface area contributed by atoms with Crippen LogP contribution in [-0.4, -0.2) is 5.04 Å². The summed E-state index contributed by atoms with van der Waals surface area (Å²) in [6, 6.07) is 6.39. The number of aryl methyl sites for hydroxylation is 1. The molecule has 1 nitrogen and oxygen atoms in total. The minimum Gasteiger partial charge on any atom is -0.250 e. The lowest BCUT2D eigenvalue weighted by Gasteiger charge is -2.09. The van der Waals surface area contributed by atoms with Gasteiger partial charge in [0.1, 0.15) is 5.04 Å². The zero-order chi connectivity index (χ0) is 14.4. The molecule has 0 radical (unpaired) electrons. The van der Waals surface area contributed by atoms with E-state index in [1.54, 1.807) is 18.0 Å². The maximum atomic E-state index is 4.41. The van der Waals surface area contributed by atoms with Gasteiger partial charge in [0.25, 0.3) is 0 Å². The Morgan fingerprint density at radius 3 is 2.42 bits per heavy atom. The molecule has 0 aliphatic carbocycles. The molecule has 19 heavy (non-hydrogen) atoms. The molecule has 100 valence electrons. The van der Waals surface area contributed by atoms with E-state index in [-0.39, 0.29) is 0 Å². The molecule has 0 aliphatic rings. The second-order valence-corrected chi connectivity index (χ2v) is 5.62. The summed E-state index contributed by atoms with van der Waals surface area (Å²) in [7, 11) is 0. The van der Waals surface area contributed by atoms with Crippen molar-refractivity contribution in [1.29, 1.82) is 0 Å². The topological polar surface area (TPSA) is 12.4 Å². The molecule has 1 aromatic carbocycles. The summed E-state index contributed by atoms with van der Waals surface area (Å²) in [6.45, 7) is 16.0. The third-order valence-electron chi connectivity index (χ3n) is 2.58. The standard InChI is InChI=1S/C17H21NS/c1-7-10-18-17(13(4)5)19-15-8-9-16(12(2)3)14(6)11-15/h7-11H,2,4H2,1,3,5-6H3/b10-7-,18-17?. The first-order chi connectivity index (χ1) is 8.95. The van der Waals surface area contributed by atoms with Crippen LogP contribution < -0.4 is 0 Å². The highest BCUT2D eigenvalue weighted by Gasteiger charge is 2.06. The average molecular weight is 271 g/mol. The maximum Gasteiger partial charge on any atom is 0.103 e. The highest BCUT2D eigenvalue weighted by atomic mass is 32.2. The van der Waals surface area contributed by atoms with Gasteiger partial charge in [-0.15, -0.1) is 0 Å². The average Bonchev–Trinajstić information content (AvgIpc) is 2.33. The van der Waals surface area contributed by atoms with Crippen molar-refractivity contribution in [2.75, 3.05) is 0 Å². The zero-order valence-electron chi connectivity index (χ0n) is 12.2. The number of nitrogens with zero attached hydrogens (tertiary/aromatic N) is 1. The van der Waals surface area contributed by atoms with Gasteiger partial charge in [-0.3, -0.25) is 0 Å². The largest absolute Gasteiger partial charge is 0.250 e. The van der Waals surface area contributed by atoms with Crippen molar-refractivity contribution in [1.82, 2.24) is 0 Å². The van der Waals surface area contributed by atoms with Crippen molar-refractivity contribution in [3.63, 3.8) is 0 Å².